The van der Waals surface area contributed by atoms with Crippen molar-refractivity contribution in [3.8, 4) is 11.1 Å². The highest BCUT2D eigenvalue weighted by Gasteiger charge is 2.14. The molecule has 0 aliphatic rings. The zero-order chi connectivity index (χ0) is 14.9. The Morgan fingerprint density at radius 2 is 1.70 bits per heavy atom. The first kappa shape index (κ1) is 14.3. The van der Waals surface area contributed by atoms with Crippen LogP contribution in [0.25, 0.3) is 11.1 Å². The third kappa shape index (κ3) is 2.74. The number of hydrogen-bond donors (Lipinski definition) is 1. The van der Waals surface area contributed by atoms with E-state index < -0.39 is 10.9 Å². The molecule has 2 aromatic carbocycles. The summed E-state index contributed by atoms with van der Waals surface area (Å²) in [6, 6.07) is 8.32. The van der Waals surface area contributed by atoms with Crippen LogP contribution in [0.1, 0.15) is 10.4 Å². The van der Waals surface area contributed by atoms with Gasteiger partial charge in [-0.15, -0.1) is 0 Å². The number of aromatic carboxylic acids is 1. The fraction of sp³-hybridized carbons (Fsp3) is 0. The molecule has 0 aromatic heterocycles. The van der Waals surface area contributed by atoms with Gasteiger partial charge in [0, 0.05) is 22.7 Å². The fourth-order valence-electron chi connectivity index (χ4n) is 1.70. The van der Waals surface area contributed by atoms with E-state index in [0.29, 0.717) is 11.1 Å². The molecule has 0 radical (unpaired) electrons. The molecule has 0 unspecified atom stereocenters. The standard InChI is InChI=1S/C13H7Cl2NO4/c14-11-6-12(15)10(13(17)18)5-9(11)7-1-3-8(4-2-7)16(19)20/h1-6H,(H,17,18). The van der Waals surface area contributed by atoms with E-state index in [4.69, 9.17) is 28.3 Å². The monoisotopic (exact) mass is 311 g/mol. The van der Waals surface area contributed by atoms with Gasteiger partial charge in [0.25, 0.3) is 5.69 Å². The third-order valence-electron chi connectivity index (χ3n) is 2.68. The number of rotatable bonds is 3. The summed E-state index contributed by atoms with van der Waals surface area (Å²) in [6.07, 6.45) is 0. The summed E-state index contributed by atoms with van der Waals surface area (Å²) in [5, 5.41) is 19.9. The highest BCUT2D eigenvalue weighted by molar-refractivity contribution is 6.38. The van der Waals surface area contributed by atoms with Crippen molar-refractivity contribution in [2.45, 2.75) is 0 Å². The van der Waals surface area contributed by atoms with Crippen LogP contribution >= 0.6 is 23.2 Å². The van der Waals surface area contributed by atoms with Crippen molar-refractivity contribution in [2.24, 2.45) is 0 Å². The molecule has 102 valence electrons. The zero-order valence-corrected chi connectivity index (χ0v) is 11.4. The summed E-state index contributed by atoms with van der Waals surface area (Å²) in [6.45, 7) is 0. The molecule has 0 atom stereocenters. The topological polar surface area (TPSA) is 80.4 Å². The number of carbonyl (C=O) groups is 1. The number of carboxylic acids is 1. The van der Waals surface area contributed by atoms with Crippen molar-refractivity contribution in [1.29, 1.82) is 0 Å². The quantitative estimate of drug-likeness (QED) is 0.678. The van der Waals surface area contributed by atoms with Gasteiger partial charge in [-0.2, -0.15) is 0 Å². The van der Waals surface area contributed by atoms with Crippen LogP contribution in [0.3, 0.4) is 0 Å². The van der Waals surface area contributed by atoms with E-state index in [2.05, 4.69) is 0 Å². The highest BCUT2D eigenvalue weighted by atomic mass is 35.5. The minimum Gasteiger partial charge on any atom is -0.478 e. The molecular weight excluding hydrogens is 305 g/mol. The van der Waals surface area contributed by atoms with Crippen molar-refractivity contribution in [3.63, 3.8) is 0 Å². The largest absolute Gasteiger partial charge is 0.478 e. The Morgan fingerprint density at radius 3 is 2.20 bits per heavy atom. The molecule has 7 heteroatoms. The van der Waals surface area contributed by atoms with Gasteiger partial charge in [0.2, 0.25) is 0 Å². The first-order valence-corrected chi connectivity index (χ1v) is 6.13. The van der Waals surface area contributed by atoms with Gasteiger partial charge in [0.1, 0.15) is 0 Å². The average Bonchev–Trinajstić information content (AvgIpc) is 2.38. The molecular formula is C13H7Cl2NO4. The molecule has 0 saturated heterocycles. The lowest BCUT2D eigenvalue weighted by atomic mass is 10.0. The average molecular weight is 312 g/mol. The van der Waals surface area contributed by atoms with Crippen LogP contribution in [0.2, 0.25) is 10.0 Å². The van der Waals surface area contributed by atoms with Crippen LogP contribution in [0, 0.1) is 10.1 Å². The summed E-state index contributed by atoms with van der Waals surface area (Å²) in [5.41, 5.74) is 0.879. The number of non-ortho nitro benzene ring substituents is 1. The minimum atomic E-state index is -1.17. The van der Waals surface area contributed by atoms with E-state index in [-0.39, 0.29) is 21.3 Å². The molecule has 0 bridgehead atoms. The molecule has 0 fully saturated rings. The molecule has 0 heterocycles. The van der Waals surface area contributed by atoms with Gasteiger partial charge in [0.15, 0.2) is 0 Å². The van der Waals surface area contributed by atoms with Gasteiger partial charge in [0.05, 0.1) is 15.5 Å². The van der Waals surface area contributed by atoms with Crippen LogP contribution in [-0.4, -0.2) is 16.0 Å². The SMILES string of the molecule is O=C(O)c1cc(-c2ccc([N+](=O)[O-])cc2)c(Cl)cc1Cl. The minimum absolute atomic E-state index is 0.0353. The molecule has 0 spiro atoms. The maximum atomic E-state index is 11.0. The van der Waals surface area contributed by atoms with Crippen molar-refractivity contribution in [1.82, 2.24) is 0 Å². The van der Waals surface area contributed by atoms with E-state index >= 15 is 0 Å². The molecule has 1 N–H and O–H groups in total. The Bertz CT molecular complexity index is 698. The molecule has 0 aliphatic carbocycles. The van der Waals surface area contributed by atoms with E-state index in [9.17, 15) is 14.9 Å². The van der Waals surface area contributed by atoms with Gasteiger partial charge in [-0.05, 0) is 29.8 Å². The second-order valence-corrected chi connectivity index (χ2v) is 4.74. The number of nitro benzene ring substituents is 1. The van der Waals surface area contributed by atoms with E-state index in [0.717, 1.165) is 0 Å². The molecule has 2 rings (SSSR count). The Balaban J connectivity index is 2.54. The van der Waals surface area contributed by atoms with E-state index in [1.54, 1.807) is 0 Å². The number of nitro groups is 1. The van der Waals surface area contributed by atoms with Crippen molar-refractivity contribution in [2.75, 3.05) is 0 Å². The van der Waals surface area contributed by atoms with Crippen LogP contribution in [0.5, 0.6) is 0 Å². The summed E-state index contributed by atoms with van der Waals surface area (Å²) in [7, 11) is 0. The first-order chi connectivity index (χ1) is 9.40. The Labute approximate surface area is 123 Å². The van der Waals surface area contributed by atoms with Crippen molar-refractivity contribution in [3.05, 3.63) is 62.1 Å². The number of nitrogens with zero attached hydrogens (tertiary/aromatic N) is 1. The summed E-state index contributed by atoms with van der Waals surface area (Å²) >= 11 is 11.8. The second kappa shape index (κ2) is 5.48. The number of hydrogen-bond acceptors (Lipinski definition) is 3. The molecule has 0 aliphatic heterocycles. The summed E-state index contributed by atoms with van der Waals surface area (Å²) in [4.78, 5) is 21.1. The lowest BCUT2D eigenvalue weighted by Gasteiger charge is -2.07. The molecule has 20 heavy (non-hydrogen) atoms. The number of halogens is 2. The molecule has 0 saturated carbocycles. The van der Waals surface area contributed by atoms with Gasteiger partial charge in [-0.3, -0.25) is 10.1 Å². The number of benzene rings is 2. The highest BCUT2D eigenvalue weighted by Crippen LogP contribution is 2.33. The second-order valence-electron chi connectivity index (χ2n) is 3.92. The molecule has 5 nitrogen and oxygen atoms in total. The lowest BCUT2D eigenvalue weighted by molar-refractivity contribution is -0.384. The summed E-state index contributed by atoms with van der Waals surface area (Å²) < 4.78 is 0. The van der Waals surface area contributed by atoms with Crippen LogP contribution in [0.4, 0.5) is 5.69 Å². The van der Waals surface area contributed by atoms with Crippen LogP contribution in [0.15, 0.2) is 36.4 Å². The van der Waals surface area contributed by atoms with Gasteiger partial charge in [-0.1, -0.05) is 23.2 Å². The molecule has 2 aromatic rings. The van der Waals surface area contributed by atoms with Gasteiger partial charge >= 0.3 is 5.97 Å². The predicted octanol–water partition coefficient (Wildman–Crippen LogP) is 4.27. The predicted molar refractivity (Wildman–Crippen MR) is 75.5 cm³/mol. The fourth-order valence-corrected chi connectivity index (χ4v) is 2.27. The van der Waals surface area contributed by atoms with E-state index in [1.165, 1.54) is 36.4 Å². The zero-order valence-electron chi connectivity index (χ0n) is 9.84. The third-order valence-corrected chi connectivity index (χ3v) is 3.30. The van der Waals surface area contributed by atoms with Crippen LogP contribution in [-0.2, 0) is 0 Å². The van der Waals surface area contributed by atoms with Crippen molar-refractivity contribution >= 4 is 34.9 Å². The van der Waals surface area contributed by atoms with Gasteiger partial charge < -0.3 is 5.11 Å². The van der Waals surface area contributed by atoms with Crippen molar-refractivity contribution < 1.29 is 14.8 Å². The van der Waals surface area contributed by atoms with Crippen LogP contribution < -0.4 is 0 Å². The maximum absolute atomic E-state index is 11.0. The lowest BCUT2D eigenvalue weighted by Crippen LogP contribution is -1.98. The Morgan fingerprint density at radius 1 is 1.10 bits per heavy atom. The normalized spacial score (nSPS) is 10.3. The maximum Gasteiger partial charge on any atom is 0.337 e. The smallest absolute Gasteiger partial charge is 0.337 e. The summed E-state index contributed by atoms with van der Waals surface area (Å²) in [5.74, 6) is -1.17. The Hall–Kier alpha value is -2.11. The van der Waals surface area contributed by atoms with E-state index in [1.807, 2.05) is 0 Å². The first-order valence-electron chi connectivity index (χ1n) is 5.37. The van der Waals surface area contributed by atoms with Gasteiger partial charge in [-0.25, -0.2) is 4.79 Å². The number of carboxylic acid groups (broad SMARTS) is 1. The molecule has 0 amide bonds. The Kier molecular flexibility index (Phi) is 3.92.